The molecule has 2 aromatic rings. The molecule has 1 N–H and O–H groups in total. The highest BCUT2D eigenvalue weighted by atomic mass is 16.5. The molecule has 0 aromatic heterocycles. The number of ketones is 1. The van der Waals surface area contributed by atoms with E-state index in [0.717, 1.165) is 22.1 Å². The number of carboxylic acids is 1. The van der Waals surface area contributed by atoms with Crippen molar-refractivity contribution < 1.29 is 19.4 Å². The molecular formula is C16H16O4. The third kappa shape index (κ3) is 3.57. The highest BCUT2D eigenvalue weighted by molar-refractivity contribution is 5.94. The third-order valence-electron chi connectivity index (χ3n) is 3.15. The third-order valence-corrected chi connectivity index (χ3v) is 3.15. The van der Waals surface area contributed by atoms with E-state index in [9.17, 15) is 9.59 Å². The van der Waals surface area contributed by atoms with Crippen molar-refractivity contribution in [1.82, 2.24) is 0 Å². The monoisotopic (exact) mass is 272 g/mol. The van der Waals surface area contributed by atoms with Crippen LogP contribution in [-0.2, 0) is 16.0 Å². The first-order valence-electron chi connectivity index (χ1n) is 6.38. The van der Waals surface area contributed by atoms with Gasteiger partial charge in [-0.3, -0.25) is 9.59 Å². The first-order valence-corrected chi connectivity index (χ1v) is 6.38. The van der Waals surface area contributed by atoms with E-state index < -0.39 is 12.4 Å². The van der Waals surface area contributed by atoms with Crippen LogP contribution in [0, 0.1) is 0 Å². The second-order valence-electron chi connectivity index (χ2n) is 4.66. The molecular weight excluding hydrogens is 256 g/mol. The number of rotatable bonds is 6. The van der Waals surface area contributed by atoms with Crippen LogP contribution in [-0.4, -0.2) is 24.0 Å². The molecule has 4 heteroatoms. The summed E-state index contributed by atoms with van der Waals surface area (Å²) in [4.78, 5) is 21.8. The Morgan fingerprint density at radius 1 is 1.10 bits per heavy atom. The van der Waals surface area contributed by atoms with Gasteiger partial charge in [-0.05, 0) is 34.9 Å². The lowest BCUT2D eigenvalue weighted by Gasteiger charge is -2.05. The van der Waals surface area contributed by atoms with Crippen molar-refractivity contribution in [2.24, 2.45) is 0 Å². The summed E-state index contributed by atoms with van der Waals surface area (Å²) in [6, 6.07) is 11.8. The molecule has 2 aromatic carbocycles. The fourth-order valence-corrected chi connectivity index (χ4v) is 2.10. The van der Waals surface area contributed by atoms with Gasteiger partial charge in [-0.1, -0.05) is 24.3 Å². The molecule has 0 amide bonds. The van der Waals surface area contributed by atoms with Crippen molar-refractivity contribution in [2.75, 3.05) is 7.11 Å². The molecule has 2 rings (SSSR count). The lowest BCUT2D eigenvalue weighted by molar-refractivity contribution is -0.140. The molecule has 0 spiro atoms. The number of carbonyl (C=O) groups excluding carboxylic acids is 1. The first kappa shape index (κ1) is 14.1. The SMILES string of the molecule is COc1ccc2cc(CCC(=O)CC(=O)O)ccc2c1. The lowest BCUT2D eigenvalue weighted by atomic mass is 10.0. The molecule has 0 fully saturated rings. The Morgan fingerprint density at radius 2 is 1.80 bits per heavy atom. The van der Waals surface area contributed by atoms with Gasteiger partial charge < -0.3 is 9.84 Å². The number of carboxylic acid groups (broad SMARTS) is 1. The van der Waals surface area contributed by atoms with E-state index in [1.54, 1.807) is 7.11 Å². The van der Waals surface area contributed by atoms with Gasteiger partial charge in [-0.2, -0.15) is 0 Å². The first-order chi connectivity index (χ1) is 9.58. The van der Waals surface area contributed by atoms with Crippen LogP contribution >= 0.6 is 0 Å². The van der Waals surface area contributed by atoms with Crippen molar-refractivity contribution >= 4 is 22.5 Å². The van der Waals surface area contributed by atoms with Crippen LogP contribution in [0.3, 0.4) is 0 Å². The smallest absolute Gasteiger partial charge is 0.310 e. The van der Waals surface area contributed by atoms with E-state index in [1.165, 1.54) is 0 Å². The van der Waals surface area contributed by atoms with Gasteiger partial charge in [0, 0.05) is 6.42 Å². The van der Waals surface area contributed by atoms with E-state index in [4.69, 9.17) is 9.84 Å². The number of methoxy groups -OCH3 is 1. The average molecular weight is 272 g/mol. The number of aryl methyl sites for hydroxylation is 1. The van der Waals surface area contributed by atoms with Gasteiger partial charge in [0.2, 0.25) is 0 Å². The van der Waals surface area contributed by atoms with Crippen LogP contribution in [0.5, 0.6) is 5.75 Å². The maximum absolute atomic E-state index is 11.4. The van der Waals surface area contributed by atoms with Gasteiger partial charge >= 0.3 is 5.97 Å². The van der Waals surface area contributed by atoms with Crippen LogP contribution in [0.2, 0.25) is 0 Å². The second-order valence-corrected chi connectivity index (χ2v) is 4.66. The molecule has 4 nitrogen and oxygen atoms in total. The molecule has 0 aliphatic carbocycles. The predicted molar refractivity (Wildman–Crippen MR) is 76.1 cm³/mol. The van der Waals surface area contributed by atoms with Gasteiger partial charge in [-0.25, -0.2) is 0 Å². The lowest BCUT2D eigenvalue weighted by Crippen LogP contribution is -2.07. The maximum Gasteiger partial charge on any atom is 0.310 e. The van der Waals surface area contributed by atoms with Crippen LogP contribution in [0.1, 0.15) is 18.4 Å². The number of carbonyl (C=O) groups is 2. The minimum Gasteiger partial charge on any atom is -0.497 e. The Labute approximate surface area is 117 Å². The molecule has 0 heterocycles. The number of fused-ring (bicyclic) bond motifs is 1. The molecule has 104 valence electrons. The quantitative estimate of drug-likeness (QED) is 0.821. The molecule has 20 heavy (non-hydrogen) atoms. The summed E-state index contributed by atoms with van der Waals surface area (Å²) in [5, 5.41) is 10.7. The Kier molecular flexibility index (Phi) is 4.35. The van der Waals surface area contributed by atoms with Gasteiger partial charge in [-0.15, -0.1) is 0 Å². The van der Waals surface area contributed by atoms with E-state index in [1.807, 2.05) is 36.4 Å². The van der Waals surface area contributed by atoms with Gasteiger partial charge in [0.1, 0.15) is 18.0 Å². The van der Waals surface area contributed by atoms with Gasteiger partial charge in [0.05, 0.1) is 7.11 Å². The van der Waals surface area contributed by atoms with Crippen molar-refractivity contribution in [3.8, 4) is 5.75 Å². The summed E-state index contributed by atoms with van der Waals surface area (Å²) in [6.07, 6.45) is 0.423. The molecule has 0 aliphatic heterocycles. The summed E-state index contributed by atoms with van der Waals surface area (Å²) >= 11 is 0. The zero-order chi connectivity index (χ0) is 14.5. The van der Waals surface area contributed by atoms with Crippen LogP contribution in [0.4, 0.5) is 0 Å². The van der Waals surface area contributed by atoms with E-state index in [0.29, 0.717) is 6.42 Å². The fraction of sp³-hybridized carbons (Fsp3) is 0.250. The number of ether oxygens (including phenoxy) is 1. The Balaban J connectivity index is 2.08. The molecule has 0 atom stereocenters. The summed E-state index contributed by atoms with van der Waals surface area (Å²) in [7, 11) is 1.63. The summed E-state index contributed by atoms with van der Waals surface area (Å²) < 4.78 is 5.17. The topological polar surface area (TPSA) is 63.6 Å². The highest BCUT2D eigenvalue weighted by Crippen LogP contribution is 2.22. The van der Waals surface area contributed by atoms with E-state index >= 15 is 0 Å². The van der Waals surface area contributed by atoms with Crippen molar-refractivity contribution in [2.45, 2.75) is 19.3 Å². The molecule has 0 unspecified atom stereocenters. The number of hydrogen-bond donors (Lipinski definition) is 1. The van der Waals surface area contributed by atoms with Crippen molar-refractivity contribution in [3.63, 3.8) is 0 Å². The van der Waals surface area contributed by atoms with E-state index in [-0.39, 0.29) is 12.2 Å². The van der Waals surface area contributed by atoms with Gasteiger partial charge in [0.15, 0.2) is 0 Å². The average Bonchev–Trinajstić information content (AvgIpc) is 2.43. The number of Topliss-reactive ketones (excluding diaryl/α,β-unsaturated/α-hetero) is 1. The normalized spacial score (nSPS) is 10.4. The molecule has 0 aliphatic rings. The Morgan fingerprint density at radius 3 is 2.50 bits per heavy atom. The minimum atomic E-state index is -1.07. The van der Waals surface area contributed by atoms with E-state index in [2.05, 4.69) is 0 Å². The maximum atomic E-state index is 11.4. The summed E-state index contributed by atoms with van der Waals surface area (Å²) in [6.45, 7) is 0. The Bertz CT molecular complexity index is 646. The van der Waals surface area contributed by atoms with Crippen LogP contribution in [0.15, 0.2) is 36.4 Å². The highest BCUT2D eigenvalue weighted by Gasteiger charge is 2.08. The zero-order valence-corrected chi connectivity index (χ0v) is 11.3. The largest absolute Gasteiger partial charge is 0.497 e. The van der Waals surface area contributed by atoms with Crippen molar-refractivity contribution in [1.29, 1.82) is 0 Å². The number of aliphatic carboxylic acids is 1. The summed E-state index contributed by atoms with van der Waals surface area (Å²) in [5.41, 5.74) is 1.03. The molecule has 0 saturated heterocycles. The minimum absolute atomic E-state index is 0.243. The van der Waals surface area contributed by atoms with Crippen LogP contribution < -0.4 is 4.74 Å². The van der Waals surface area contributed by atoms with Gasteiger partial charge in [0.25, 0.3) is 0 Å². The Hall–Kier alpha value is -2.36. The fourth-order valence-electron chi connectivity index (χ4n) is 2.10. The number of benzene rings is 2. The second kappa shape index (κ2) is 6.19. The molecule has 0 saturated carbocycles. The standard InChI is InChI=1S/C16H16O4/c1-20-15-7-5-12-8-11(2-4-13(12)9-15)3-6-14(17)10-16(18)19/h2,4-5,7-9H,3,6,10H2,1H3,(H,18,19). The predicted octanol–water partition coefficient (Wildman–Crippen LogP) is 2.82. The molecule has 0 bridgehead atoms. The molecule has 0 radical (unpaired) electrons. The zero-order valence-electron chi connectivity index (χ0n) is 11.3. The van der Waals surface area contributed by atoms with Crippen molar-refractivity contribution in [3.05, 3.63) is 42.0 Å². The summed E-state index contributed by atoms with van der Waals surface area (Å²) in [5.74, 6) is -0.505. The number of hydrogen-bond acceptors (Lipinski definition) is 3. The van der Waals surface area contributed by atoms with Crippen LogP contribution in [0.25, 0.3) is 10.8 Å².